The Balaban J connectivity index is 1.60. The van der Waals surface area contributed by atoms with Crippen molar-refractivity contribution in [2.24, 2.45) is 0 Å². The molecule has 0 radical (unpaired) electrons. The average molecular weight is 526 g/mol. The summed E-state index contributed by atoms with van der Waals surface area (Å²) in [6.07, 6.45) is 6.00. The molecule has 2 atom stereocenters. The molecule has 1 N–H and O–H groups in total. The molecule has 0 aliphatic carbocycles. The van der Waals surface area contributed by atoms with Crippen LogP contribution in [-0.2, 0) is 12.1 Å². The van der Waals surface area contributed by atoms with Gasteiger partial charge in [0.15, 0.2) is 0 Å². The first kappa shape index (κ1) is 24.3. The highest BCUT2D eigenvalue weighted by Gasteiger charge is 2.41. The van der Waals surface area contributed by atoms with Crippen molar-refractivity contribution in [2.45, 2.75) is 30.0 Å². The zero-order valence-electron chi connectivity index (χ0n) is 19.3. The molecule has 5 aromatic rings. The Morgan fingerprint density at radius 1 is 1.14 bits per heavy atom. The van der Waals surface area contributed by atoms with Gasteiger partial charge < -0.3 is 5.11 Å². The van der Waals surface area contributed by atoms with E-state index in [0.717, 1.165) is 21.4 Å². The molecule has 0 amide bonds. The molecule has 184 valence electrons. The summed E-state index contributed by atoms with van der Waals surface area (Å²) < 4.78 is 31.6. The minimum Gasteiger partial charge on any atom is -0.381 e. The number of hydrogen-bond acceptors (Lipinski definition) is 7. The van der Waals surface area contributed by atoms with Gasteiger partial charge in [-0.3, -0.25) is 9.36 Å². The van der Waals surface area contributed by atoms with Crippen LogP contribution in [0.25, 0.3) is 20.7 Å². The van der Waals surface area contributed by atoms with Crippen LogP contribution in [0.2, 0.25) is 0 Å². The van der Waals surface area contributed by atoms with Crippen LogP contribution in [0.1, 0.15) is 18.5 Å². The largest absolute Gasteiger partial charge is 0.381 e. The van der Waals surface area contributed by atoms with Crippen molar-refractivity contribution in [1.29, 1.82) is 0 Å². The number of thioether (sulfide) groups is 1. The number of aliphatic hydroxyl groups is 1. The molecule has 0 spiro atoms. The van der Waals surface area contributed by atoms with Crippen LogP contribution in [-0.4, -0.2) is 35.7 Å². The van der Waals surface area contributed by atoms with E-state index in [-0.39, 0.29) is 17.7 Å². The molecule has 0 bridgehead atoms. The van der Waals surface area contributed by atoms with Crippen molar-refractivity contribution in [2.75, 3.05) is 6.26 Å². The van der Waals surface area contributed by atoms with Gasteiger partial charge >= 0.3 is 0 Å². The van der Waals surface area contributed by atoms with E-state index < -0.39 is 23.3 Å². The maximum absolute atomic E-state index is 14.9. The summed E-state index contributed by atoms with van der Waals surface area (Å²) in [5.41, 5.74) is -1.02. The van der Waals surface area contributed by atoms with Gasteiger partial charge in [0.25, 0.3) is 5.56 Å². The van der Waals surface area contributed by atoms with Crippen LogP contribution >= 0.6 is 23.1 Å². The number of fused-ring (bicyclic) bond motifs is 1. The Bertz CT molecular complexity index is 1580. The van der Waals surface area contributed by atoms with Gasteiger partial charge in [-0.05, 0) is 43.0 Å². The van der Waals surface area contributed by atoms with Crippen LogP contribution in [0.4, 0.5) is 8.78 Å². The number of nitrogens with zero attached hydrogens (tertiary/aromatic N) is 5. The summed E-state index contributed by atoms with van der Waals surface area (Å²) in [5, 5.41) is 15.9. The van der Waals surface area contributed by atoms with E-state index >= 15 is 0 Å². The van der Waals surface area contributed by atoms with Gasteiger partial charge in [0.05, 0.1) is 24.4 Å². The van der Waals surface area contributed by atoms with Crippen molar-refractivity contribution in [3.05, 3.63) is 95.1 Å². The molecule has 11 heteroatoms. The van der Waals surface area contributed by atoms with Gasteiger partial charge in [-0.25, -0.2) is 23.4 Å². The fraction of sp³-hybridized carbons (Fsp3) is 0.200. The number of aromatic nitrogens is 5. The molecule has 0 saturated heterocycles. The lowest BCUT2D eigenvalue weighted by molar-refractivity contribution is -0.0343. The van der Waals surface area contributed by atoms with Crippen LogP contribution in [0.15, 0.2) is 77.2 Å². The highest BCUT2D eigenvalue weighted by atomic mass is 32.2. The summed E-state index contributed by atoms with van der Waals surface area (Å²) in [5.74, 6) is -1.71. The maximum Gasteiger partial charge on any atom is 0.271 e. The number of rotatable bonds is 7. The Labute approximate surface area is 213 Å². The van der Waals surface area contributed by atoms with E-state index in [1.54, 1.807) is 18.7 Å². The van der Waals surface area contributed by atoms with E-state index in [9.17, 15) is 18.7 Å². The van der Waals surface area contributed by atoms with Crippen LogP contribution in [0.3, 0.4) is 0 Å². The second kappa shape index (κ2) is 9.57. The van der Waals surface area contributed by atoms with Crippen molar-refractivity contribution < 1.29 is 13.9 Å². The number of halogens is 2. The van der Waals surface area contributed by atoms with Gasteiger partial charge in [0.1, 0.15) is 34.6 Å². The molecule has 2 aromatic carbocycles. The van der Waals surface area contributed by atoms with Gasteiger partial charge in [0.2, 0.25) is 0 Å². The first-order chi connectivity index (χ1) is 17.3. The fourth-order valence-corrected chi connectivity index (χ4v) is 5.63. The van der Waals surface area contributed by atoms with Crippen LogP contribution < -0.4 is 5.56 Å². The molecular formula is C25H21F2N5O2S2. The summed E-state index contributed by atoms with van der Waals surface area (Å²) >= 11 is 2.95. The molecule has 0 fully saturated rings. The molecule has 0 aliphatic rings. The van der Waals surface area contributed by atoms with Crippen molar-refractivity contribution >= 4 is 33.3 Å². The summed E-state index contributed by atoms with van der Waals surface area (Å²) in [6.45, 7) is 1.36. The smallest absolute Gasteiger partial charge is 0.271 e. The minimum atomic E-state index is -1.97. The third kappa shape index (κ3) is 4.34. The number of benzene rings is 2. The molecule has 0 unspecified atom stereocenters. The molecule has 5 rings (SSSR count). The Morgan fingerprint density at radius 2 is 1.92 bits per heavy atom. The lowest BCUT2D eigenvalue weighted by Crippen LogP contribution is -2.43. The van der Waals surface area contributed by atoms with Crippen molar-refractivity contribution in [1.82, 2.24) is 24.3 Å². The molecule has 0 aliphatic heterocycles. The second-order valence-electron chi connectivity index (χ2n) is 8.33. The molecule has 3 aromatic heterocycles. The topological polar surface area (TPSA) is 85.8 Å². The van der Waals surface area contributed by atoms with E-state index in [2.05, 4.69) is 15.1 Å². The summed E-state index contributed by atoms with van der Waals surface area (Å²) in [4.78, 5) is 23.9. The Kier molecular flexibility index (Phi) is 6.45. The monoisotopic (exact) mass is 525 g/mol. The lowest BCUT2D eigenvalue weighted by Gasteiger charge is -2.35. The van der Waals surface area contributed by atoms with Gasteiger partial charge in [-0.1, -0.05) is 18.2 Å². The standard InChI is InChI=1S/C25H21F2N5O2S2/c1-15(25(34,11-31-13-28-12-30-31)19-8-5-17(26)9-20(19)27)32-14-29-21-10-22(36-23(21)24(32)33)16-3-6-18(35-2)7-4-16/h3-10,12-15,34H,11H2,1-2H3/t15-,25-/m1/s1. The SMILES string of the molecule is CSc1ccc(-c2cc3ncn([C@H](C)[C@](O)(Cn4cncn4)c4ccc(F)cc4F)c(=O)c3s2)cc1. The third-order valence-corrected chi connectivity index (χ3v) is 8.12. The Morgan fingerprint density at radius 3 is 2.58 bits per heavy atom. The predicted molar refractivity (Wildman–Crippen MR) is 136 cm³/mol. The Hall–Kier alpha value is -3.41. The zero-order chi connectivity index (χ0) is 25.4. The predicted octanol–water partition coefficient (Wildman–Crippen LogP) is 4.87. The summed E-state index contributed by atoms with van der Waals surface area (Å²) in [7, 11) is 0. The molecule has 36 heavy (non-hydrogen) atoms. The molecule has 3 heterocycles. The normalized spacial score (nSPS) is 14.1. The van der Waals surface area contributed by atoms with E-state index in [0.29, 0.717) is 16.3 Å². The molecule has 7 nitrogen and oxygen atoms in total. The van der Waals surface area contributed by atoms with Crippen LogP contribution in [0, 0.1) is 11.6 Å². The van der Waals surface area contributed by atoms with Crippen molar-refractivity contribution in [3.8, 4) is 10.4 Å². The van der Waals surface area contributed by atoms with E-state index in [1.165, 1.54) is 45.6 Å². The molecular weight excluding hydrogens is 504 g/mol. The first-order valence-electron chi connectivity index (χ1n) is 11.0. The number of thiophene rings is 1. The highest BCUT2D eigenvalue weighted by Crippen LogP contribution is 2.37. The van der Waals surface area contributed by atoms with E-state index in [1.807, 2.05) is 36.6 Å². The van der Waals surface area contributed by atoms with Gasteiger partial charge in [0, 0.05) is 21.4 Å². The average Bonchev–Trinajstić information content (AvgIpc) is 3.54. The first-order valence-corrected chi connectivity index (χ1v) is 13.0. The van der Waals surface area contributed by atoms with E-state index in [4.69, 9.17) is 0 Å². The lowest BCUT2D eigenvalue weighted by atomic mass is 9.86. The fourth-order valence-electron chi connectivity index (χ4n) is 4.17. The summed E-state index contributed by atoms with van der Waals surface area (Å²) in [6, 6.07) is 11.8. The van der Waals surface area contributed by atoms with Crippen LogP contribution in [0.5, 0.6) is 0 Å². The third-order valence-electron chi connectivity index (χ3n) is 6.21. The van der Waals surface area contributed by atoms with Crippen molar-refractivity contribution in [3.63, 3.8) is 0 Å². The maximum atomic E-state index is 14.9. The minimum absolute atomic E-state index is 0.167. The highest BCUT2D eigenvalue weighted by molar-refractivity contribution is 7.98. The zero-order valence-corrected chi connectivity index (χ0v) is 20.9. The number of hydrogen-bond donors (Lipinski definition) is 1. The quantitative estimate of drug-likeness (QED) is 0.305. The second-order valence-corrected chi connectivity index (χ2v) is 10.3. The van der Waals surface area contributed by atoms with Gasteiger partial charge in [-0.2, -0.15) is 5.10 Å². The van der Waals surface area contributed by atoms with Gasteiger partial charge in [-0.15, -0.1) is 23.1 Å². The molecule has 0 saturated carbocycles.